The lowest BCUT2D eigenvalue weighted by Gasteiger charge is -2.08. The molecule has 2 rings (SSSR count). The average Bonchev–Trinajstić information content (AvgIpc) is 2.64. The molecule has 0 saturated heterocycles. The maximum Gasteiger partial charge on any atom is 0.0454 e. The minimum atomic E-state index is 0.0619. The van der Waals surface area contributed by atoms with Crippen LogP contribution in [0.5, 0.6) is 0 Å². The normalized spacial score (nSPS) is 12.9. The quantitative estimate of drug-likeness (QED) is 0.711. The van der Waals surface area contributed by atoms with Gasteiger partial charge in [0.2, 0.25) is 0 Å². The first-order valence-corrected chi connectivity index (χ1v) is 4.75. The fraction of sp³-hybridized carbons (Fsp3) is 0.167. The molecule has 0 saturated carbocycles. The number of H-pyrrole nitrogens is 1. The number of benzene rings is 1. The Balaban J connectivity index is 2.38. The monoisotopic (exact) mass is 186 g/mol. The molecular weight excluding hydrogens is 172 g/mol. The molecule has 0 bridgehead atoms. The number of fused-ring (bicyclic) bond motifs is 1. The maximum absolute atomic E-state index is 5.98. The van der Waals surface area contributed by atoms with Gasteiger partial charge in [-0.15, -0.1) is 6.58 Å². The fourth-order valence-corrected chi connectivity index (χ4v) is 1.62. The zero-order chi connectivity index (χ0) is 9.97. The molecule has 72 valence electrons. The lowest BCUT2D eigenvalue weighted by Crippen LogP contribution is -2.08. The van der Waals surface area contributed by atoms with Crippen molar-refractivity contribution in [3.63, 3.8) is 0 Å². The molecule has 14 heavy (non-hydrogen) atoms. The van der Waals surface area contributed by atoms with Crippen LogP contribution in [0.1, 0.15) is 18.0 Å². The third-order valence-corrected chi connectivity index (χ3v) is 2.43. The number of nitrogens with one attached hydrogen (secondary N) is 1. The molecule has 0 aliphatic rings. The topological polar surface area (TPSA) is 41.8 Å². The third kappa shape index (κ3) is 1.56. The van der Waals surface area contributed by atoms with Crippen molar-refractivity contribution < 1.29 is 0 Å². The van der Waals surface area contributed by atoms with Gasteiger partial charge in [0.15, 0.2) is 0 Å². The Kier molecular flexibility index (Phi) is 2.37. The summed E-state index contributed by atoms with van der Waals surface area (Å²) in [5.74, 6) is 0. The van der Waals surface area contributed by atoms with Crippen LogP contribution in [0.15, 0.2) is 43.1 Å². The SMILES string of the molecule is C=CC[C@@H](N)c1ccc2[nH]ccc2c1. The average molecular weight is 186 g/mol. The largest absolute Gasteiger partial charge is 0.361 e. The molecule has 1 aromatic carbocycles. The van der Waals surface area contributed by atoms with E-state index >= 15 is 0 Å². The first kappa shape index (κ1) is 9.03. The van der Waals surface area contributed by atoms with Crippen molar-refractivity contribution in [2.75, 3.05) is 0 Å². The molecule has 1 atom stereocenters. The lowest BCUT2D eigenvalue weighted by atomic mass is 10.0. The summed E-state index contributed by atoms with van der Waals surface area (Å²) in [7, 11) is 0. The highest BCUT2D eigenvalue weighted by Gasteiger charge is 2.04. The van der Waals surface area contributed by atoms with Gasteiger partial charge < -0.3 is 10.7 Å². The van der Waals surface area contributed by atoms with Crippen molar-refractivity contribution in [2.45, 2.75) is 12.5 Å². The molecule has 0 unspecified atom stereocenters. The predicted octanol–water partition coefficient (Wildman–Crippen LogP) is 2.74. The molecule has 1 heterocycles. The van der Waals surface area contributed by atoms with Gasteiger partial charge in [-0.2, -0.15) is 0 Å². The van der Waals surface area contributed by atoms with Crippen LogP contribution in [0.25, 0.3) is 10.9 Å². The molecule has 0 amide bonds. The Morgan fingerprint density at radius 2 is 2.29 bits per heavy atom. The van der Waals surface area contributed by atoms with Gasteiger partial charge in [-0.05, 0) is 35.6 Å². The van der Waals surface area contributed by atoms with Crippen molar-refractivity contribution in [1.82, 2.24) is 4.98 Å². The van der Waals surface area contributed by atoms with Crippen molar-refractivity contribution in [3.05, 3.63) is 48.7 Å². The smallest absolute Gasteiger partial charge is 0.0454 e. The zero-order valence-electron chi connectivity index (χ0n) is 8.03. The summed E-state index contributed by atoms with van der Waals surface area (Å²) in [4.78, 5) is 3.16. The van der Waals surface area contributed by atoms with Crippen LogP contribution in [0, 0.1) is 0 Å². The van der Waals surface area contributed by atoms with E-state index in [1.807, 2.05) is 12.3 Å². The molecule has 1 aromatic heterocycles. The Morgan fingerprint density at radius 3 is 3.07 bits per heavy atom. The second-order valence-electron chi connectivity index (χ2n) is 3.46. The van der Waals surface area contributed by atoms with Gasteiger partial charge in [-0.3, -0.25) is 0 Å². The van der Waals surface area contributed by atoms with E-state index in [9.17, 15) is 0 Å². The first-order valence-electron chi connectivity index (χ1n) is 4.75. The van der Waals surface area contributed by atoms with E-state index in [-0.39, 0.29) is 6.04 Å². The van der Waals surface area contributed by atoms with E-state index in [1.165, 1.54) is 5.39 Å². The predicted molar refractivity (Wildman–Crippen MR) is 60.0 cm³/mol. The van der Waals surface area contributed by atoms with Crippen molar-refractivity contribution in [2.24, 2.45) is 5.73 Å². The molecule has 0 aliphatic heterocycles. The standard InChI is InChI=1S/C12H14N2/c1-2-3-11(13)9-4-5-12-10(8-9)6-7-14-12/h2,4-8,11,14H,1,3,13H2/t11-/m1/s1. The summed E-state index contributed by atoms with van der Waals surface area (Å²) in [6, 6.07) is 8.37. The molecule has 0 aliphatic carbocycles. The molecule has 3 N–H and O–H groups in total. The minimum absolute atomic E-state index is 0.0619. The number of hydrogen-bond donors (Lipinski definition) is 2. The summed E-state index contributed by atoms with van der Waals surface area (Å²) in [5, 5.41) is 1.21. The lowest BCUT2D eigenvalue weighted by molar-refractivity contribution is 0.743. The number of aromatic nitrogens is 1. The van der Waals surface area contributed by atoms with Crippen LogP contribution in [0.2, 0.25) is 0 Å². The Bertz CT molecular complexity index is 442. The van der Waals surface area contributed by atoms with Gasteiger partial charge in [0.25, 0.3) is 0 Å². The van der Waals surface area contributed by atoms with E-state index in [2.05, 4.69) is 35.8 Å². The number of hydrogen-bond acceptors (Lipinski definition) is 1. The van der Waals surface area contributed by atoms with Gasteiger partial charge in [-0.25, -0.2) is 0 Å². The summed E-state index contributed by atoms with van der Waals surface area (Å²) >= 11 is 0. The second-order valence-corrected chi connectivity index (χ2v) is 3.46. The Morgan fingerprint density at radius 1 is 1.43 bits per heavy atom. The number of aromatic amines is 1. The van der Waals surface area contributed by atoms with Gasteiger partial charge in [0, 0.05) is 17.8 Å². The summed E-state index contributed by atoms with van der Waals surface area (Å²) < 4.78 is 0. The highest BCUT2D eigenvalue weighted by molar-refractivity contribution is 5.80. The van der Waals surface area contributed by atoms with Gasteiger partial charge in [0.1, 0.15) is 0 Å². The van der Waals surface area contributed by atoms with E-state index in [0.29, 0.717) is 0 Å². The number of rotatable bonds is 3. The zero-order valence-corrected chi connectivity index (χ0v) is 8.03. The molecule has 0 spiro atoms. The van der Waals surface area contributed by atoms with Crippen LogP contribution < -0.4 is 5.73 Å². The van der Waals surface area contributed by atoms with E-state index in [4.69, 9.17) is 5.73 Å². The summed E-state index contributed by atoms with van der Waals surface area (Å²) in [6.45, 7) is 3.69. The van der Waals surface area contributed by atoms with Crippen LogP contribution in [-0.4, -0.2) is 4.98 Å². The van der Waals surface area contributed by atoms with Gasteiger partial charge >= 0.3 is 0 Å². The summed E-state index contributed by atoms with van der Waals surface area (Å²) in [5.41, 5.74) is 8.30. The highest BCUT2D eigenvalue weighted by Crippen LogP contribution is 2.20. The Hall–Kier alpha value is -1.54. The molecule has 0 radical (unpaired) electrons. The third-order valence-electron chi connectivity index (χ3n) is 2.43. The van der Waals surface area contributed by atoms with Crippen LogP contribution in [-0.2, 0) is 0 Å². The van der Waals surface area contributed by atoms with Crippen LogP contribution >= 0.6 is 0 Å². The van der Waals surface area contributed by atoms with E-state index in [0.717, 1.165) is 17.5 Å². The van der Waals surface area contributed by atoms with Crippen LogP contribution in [0.3, 0.4) is 0 Å². The van der Waals surface area contributed by atoms with E-state index < -0.39 is 0 Å². The van der Waals surface area contributed by atoms with Crippen molar-refractivity contribution in [1.29, 1.82) is 0 Å². The Labute approximate surface area is 83.4 Å². The maximum atomic E-state index is 5.98. The molecule has 0 fully saturated rings. The molecule has 2 aromatic rings. The summed E-state index contributed by atoms with van der Waals surface area (Å²) in [6.07, 6.45) is 4.61. The van der Waals surface area contributed by atoms with Gasteiger partial charge in [0.05, 0.1) is 0 Å². The van der Waals surface area contributed by atoms with Crippen molar-refractivity contribution >= 4 is 10.9 Å². The molecular formula is C12H14N2. The fourth-order valence-electron chi connectivity index (χ4n) is 1.62. The van der Waals surface area contributed by atoms with Gasteiger partial charge in [-0.1, -0.05) is 12.1 Å². The minimum Gasteiger partial charge on any atom is -0.361 e. The molecule has 2 nitrogen and oxygen atoms in total. The number of nitrogens with two attached hydrogens (primary N) is 1. The molecule has 2 heteroatoms. The second kappa shape index (κ2) is 3.68. The first-order chi connectivity index (χ1) is 6.81. The van der Waals surface area contributed by atoms with Crippen LogP contribution in [0.4, 0.5) is 0 Å². The van der Waals surface area contributed by atoms with Crippen molar-refractivity contribution in [3.8, 4) is 0 Å². The van der Waals surface area contributed by atoms with E-state index in [1.54, 1.807) is 0 Å². The highest BCUT2D eigenvalue weighted by atomic mass is 14.7.